The summed E-state index contributed by atoms with van der Waals surface area (Å²) in [5, 5.41) is 0. The van der Waals surface area contributed by atoms with Gasteiger partial charge in [0.25, 0.3) is 0 Å². The van der Waals surface area contributed by atoms with E-state index < -0.39 is 0 Å². The lowest BCUT2D eigenvalue weighted by Crippen LogP contribution is -2.46. The van der Waals surface area contributed by atoms with E-state index in [0.29, 0.717) is 0 Å². The fraction of sp³-hybridized carbons (Fsp3) is 1.00. The van der Waals surface area contributed by atoms with Crippen LogP contribution in [0.2, 0.25) is 0 Å². The van der Waals surface area contributed by atoms with E-state index in [9.17, 15) is 0 Å². The topological polar surface area (TPSA) is 6.48 Å². The quantitative estimate of drug-likeness (QED) is 0.722. The van der Waals surface area contributed by atoms with Gasteiger partial charge in [-0.15, -0.1) is 0 Å². The van der Waals surface area contributed by atoms with Crippen LogP contribution in [-0.4, -0.2) is 47.7 Å². The normalized spacial score (nSPS) is 27.5. The van der Waals surface area contributed by atoms with Crippen molar-refractivity contribution in [1.82, 2.24) is 9.21 Å². The van der Waals surface area contributed by atoms with Crippen molar-refractivity contribution in [2.75, 3.05) is 32.4 Å². The molecule has 2 heterocycles. The third-order valence-electron chi connectivity index (χ3n) is 5.22. The zero-order valence-corrected chi connectivity index (χ0v) is 13.2. The molecule has 0 bridgehead atoms. The molecule has 0 radical (unpaired) electrons. The molecule has 2 aliphatic heterocycles. The van der Waals surface area contributed by atoms with Gasteiger partial charge in [-0.2, -0.15) is 0 Å². The molecule has 0 saturated carbocycles. The Balaban J connectivity index is 1.73. The van der Waals surface area contributed by atoms with Crippen molar-refractivity contribution < 1.29 is 0 Å². The zero-order chi connectivity index (χ0) is 13.0. The molecule has 0 spiro atoms. The van der Waals surface area contributed by atoms with Crippen molar-refractivity contribution in [3.05, 3.63) is 0 Å². The molecule has 2 saturated heterocycles. The van der Waals surface area contributed by atoms with Crippen molar-refractivity contribution >= 4 is 11.9 Å². The average molecular weight is 270 g/mol. The number of nitrogens with zero attached hydrogens (tertiary/aromatic N) is 2. The summed E-state index contributed by atoms with van der Waals surface area (Å²) < 4.78 is 2.52. The fourth-order valence-corrected chi connectivity index (χ4v) is 4.15. The summed E-state index contributed by atoms with van der Waals surface area (Å²) in [6.07, 6.45) is 9.22. The molecule has 0 aromatic heterocycles. The maximum atomic E-state index is 2.79. The third kappa shape index (κ3) is 3.64. The summed E-state index contributed by atoms with van der Waals surface area (Å²) in [6, 6.07) is 0.881. The molecule has 0 aliphatic carbocycles. The minimum atomic E-state index is 0.881. The zero-order valence-electron chi connectivity index (χ0n) is 12.4. The highest BCUT2D eigenvalue weighted by atomic mass is 32.2. The van der Waals surface area contributed by atoms with Gasteiger partial charge in [-0.3, -0.25) is 4.31 Å². The van der Waals surface area contributed by atoms with E-state index >= 15 is 0 Å². The monoisotopic (exact) mass is 270 g/mol. The summed E-state index contributed by atoms with van der Waals surface area (Å²) in [5.41, 5.74) is 0. The minimum Gasteiger partial charge on any atom is -0.300 e. The lowest BCUT2D eigenvalue weighted by atomic mass is 9.83. The Labute approximate surface area is 118 Å². The van der Waals surface area contributed by atoms with Crippen LogP contribution in [0.4, 0.5) is 0 Å². The highest BCUT2D eigenvalue weighted by Crippen LogP contribution is 2.30. The van der Waals surface area contributed by atoms with Gasteiger partial charge in [-0.1, -0.05) is 32.2 Å². The van der Waals surface area contributed by atoms with Gasteiger partial charge in [0.1, 0.15) is 0 Å². The first kappa shape index (κ1) is 14.7. The summed E-state index contributed by atoms with van der Waals surface area (Å²) in [7, 11) is 0. The van der Waals surface area contributed by atoms with E-state index in [2.05, 4.69) is 29.3 Å². The molecule has 0 N–H and O–H groups in total. The Morgan fingerprint density at radius 2 is 1.67 bits per heavy atom. The Morgan fingerprint density at radius 3 is 2.17 bits per heavy atom. The van der Waals surface area contributed by atoms with Crippen LogP contribution in [0.5, 0.6) is 0 Å². The van der Waals surface area contributed by atoms with Crippen molar-refractivity contribution in [3.8, 4) is 0 Å². The van der Waals surface area contributed by atoms with Gasteiger partial charge in [-0.05, 0) is 56.9 Å². The van der Waals surface area contributed by atoms with Crippen LogP contribution in [-0.2, 0) is 0 Å². The molecule has 0 amide bonds. The van der Waals surface area contributed by atoms with E-state index in [1.54, 1.807) is 0 Å². The highest BCUT2D eigenvalue weighted by molar-refractivity contribution is 7.96. The minimum absolute atomic E-state index is 0.881. The average Bonchev–Trinajstić information content (AvgIpc) is 2.47. The molecule has 18 heavy (non-hydrogen) atoms. The maximum Gasteiger partial charge on any atom is 0.0120 e. The predicted octanol–water partition coefficient (Wildman–Crippen LogP) is 3.49. The van der Waals surface area contributed by atoms with E-state index in [4.69, 9.17) is 0 Å². The fourth-order valence-electron chi connectivity index (χ4n) is 3.58. The molecule has 3 heteroatoms. The third-order valence-corrected chi connectivity index (χ3v) is 6.10. The summed E-state index contributed by atoms with van der Waals surface area (Å²) >= 11 is 1.92. The van der Waals surface area contributed by atoms with Gasteiger partial charge < -0.3 is 4.90 Å². The Kier molecular flexibility index (Phi) is 5.84. The summed E-state index contributed by atoms with van der Waals surface area (Å²) in [6.45, 7) is 10.1. The first-order valence-electron chi connectivity index (χ1n) is 7.77. The lowest BCUT2D eigenvalue weighted by Gasteiger charge is -2.42. The van der Waals surface area contributed by atoms with Crippen LogP contribution in [0.3, 0.4) is 0 Å². The second kappa shape index (κ2) is 7.16. The second-order valence-corrected chi connectivity index (χ2v) is 6.98. The first-order valence-corrected chi connectivity index (χ1v) is 8.95. The van der Waals surface area contributed by atoms with Crippen molar-refractivity contribution in [2.45, 2.75) is 52.0 Å². The van der Waals surface area contributed by atoms with Crippen molar-refractivity contribution in [1.29, 1.82) is 0 Å². The molecule has 0 aromatic rings. The molecule has 2 fully saturated rings. The van der Waals surface area contributed by atoms with Gasteiger partial charge in [0.15, 0.2) is 0 Å². The molecular formula is C15H30N2S. The lowest BCUT2D eigenvalue weighted by molar-refractivity contribution is 0.0840. The van der Waals surface area contributed by atoms with Gasteiger partial charge >= 0.3 is 0 Å². The van der Waals surface area contributed by atoms with Gasteiger partial charge in [-0.25, -0.2) is 0 Å². The molecule has 2 nitrogen and oxygen atoms in total. The molecule has 2 aliphatic rings. The van der Waals surface area contributed by atoms with Crippen LogP contribution >= 0.6 is 11.9 Å². The standard InChI is InChI=1S/C15H30N2S/c1-4-13(2)14-5-9-16(10-6-14)15-7-11-17(18-3)12-8-15/h13-15H,4-12H2,1-3H3. The number of hydrogen-bond acceptors (Lipinski definition) is 3. The molecule has 0 aromatic carbocycles. The first-order chi connectivity index (χ1) is 8.74. The largest absolute Gasteiger partial charge is 0.300 e. The van der Waals surface area contributed by atoms with E-state index in [0.717, 1.165) is 17.9 Å². The Bertz CT molecular complexity index is 231. The molecule has 1 unspecified atom stereocenters. The molecular weight excluding hydrogens is 240 g/mol. The predicted molar refractivity (Wildman–Crippen MR) is 81.9 cm³/mol. The number of likely N-dealkylation sites (tertiary alicyclic amines) is 1. The smallest absolute Gasteiger partial charge is 0.0120 e. The number of piperidine rings is 2. The van der Waals surface area contributed by atoms with E-state index in [1.165, 1.54) is 58.3 Å². The van der Waals surface area contributed by atoms with Crippen LogP contribution < -0.4 is 0 Å². The summed E-state index contributed by atoms with van der Waals surface area (Å²) in [4.78, 5) is 2.79. The Morgan fingerprint density at radius 1 is 1.06 bits per heavy atom. The van der Waals surface area contributed by atoms with Crippen LogP contribution in [0, 0.1) is 11.8 Å². The van der Waals surface area contributed by atoms with Crippen LogP contribution in [0.15, 0.2) is 0 Å². The molecule has 1 atom stereocenters. The maximum absolute atomic E-state index is 2.79. The number of rotatable bonds is 4. The Hall–Kier alpha value is 0.270. The van der Waals surface area contributed by atoms with Gasteiger partial charge in [0, 0.05) is 19.1 Å². The van der Waals surface area contributed by atoms with Gasteiger partial charge in [0.05, 0.1) is 0 Å². The van der Waals surface area contributed by atoms with Crippen LogP contribution in [0.25, 0.3) is 0 Å². The van der Waals surface area contributed by atoms with Crippen LogP contribution in [0.1, 0.15) is 46.0 Å². The number of hydrogen-bond donors (Lipinski definition) is 0. The van der Waals surface area contributed by atoms with Gasteiger partial charge in [0.2, 0.25) is 0 Å². The second-order valence-electron chi connectivity index (χ2n) is 6.10. The molecule has 2 rings (SSSR count). The van der Waals surface area contributed by atoms with E-state index in [-0.39, 0.29) is 0 Å². The SMILES string of the molecule is CCC(C)C1CCN(C2CCN(SC)CC2)CC1. The van der Waals surface area contributed by atoms with Crippen molar-refractivity contribution in [3.63, 3.8) is 0 Å². The van der Waals surface area contributed by atoms with E-state index in [1.807, 2.05) is 11.9 Å². The summed E-state index contributed by atoms with van der Waals surface area (Å²) in [5.74, 6) is 1.93. The van der Waals surface area contributed by atoms with Crippen molar-refractivity contribution in [2.24, 2.45) is 11.8 Å². The highest BCUT2D eigenvalue weighted by Gasteiger charge is 2.29. The molecule has 106 valence electrons.